The Labute approximate surface area is 106 Å². The van der Waals surface area contributed by atoms with Crippen LogP contribution in [0.25, 0.3) is 0 Å². The molecule has 0 spiro atoms. The normalized spacial score (nSPS) is 41.1. The molecule has 17 heavy (non-hydrogen) atoms. The Morgan fingerprint density at radius 2 is 1.76 bits per heavy atom. The van der Waals surface area contributed by atoms with E-state index in [1.807, 2.05) is 0 Å². The largest absolute Gasteiger partial charge is 0.393 e. The molecule has 2 heteroatoms. The molecule has 0 aromatic rings. The zero-order valence-corrected chi connectivity index (χ0v) is 11.6. The highest BCUT2D eigenvalue weighted by molar-refractivity contribution is 4.80. The van der Waals surface area contributed by atoms with E-state index in [0.717, 1.165) is 24.8 Å². The predicted molar refractivity (Wildman–Crippen MR) is 72.0 cm³/mol. The number of likely N-dealkylation sites (tertiary alicyclic amines) is 1. The minimum absolute atomic E-state index is 0.0350. The van der Waals surface area contributed by atoms with E-state index >= 15 is 0 Å². The van der Waals surface area contributed by atoms with Crippen LogP contribution in [0.4, 0.5) is 0 Å². The molecule has 1 heterocycles. The van der Waals surface area contributed by atoms with Crippen LogP contribution in [0.15, 0.2) is 0 Å². The fraction of sp³-hybridized carbons (Fsp3) is 1.00. The molecule has 2 fully saturated rings. The number of rotatable bonds is 2. The first kappa shape index (κ1) is 13.4. The van der Waals surface area contributed by atoms with Crippen molar-refractivity contribution in [3.63, 3.8) is 0 Å². The molecule has 0 bridgehead atoms. The Hall–Kier alpha value is -0.0800. The van der Waals surface area contributed by atoms with Gasteiger partial charge in [0.25, 0.3) is 0 Å². The zero-order chi connectivity index (χ0) is 12.3. The second-order valence-electron chi connectivity index (χ2n) is 6.47. The fourth-order valence-electron chi connectivity index (χ4n) is 3.42. The van der Waals surface area contributed by atoms with Crippen molar-refractivity contribution in [1.82, 2.24) is 4.90 Å². The standard InChI is InChI=1S/C15H29NO/c1-12-8-9-16(10-13(12)2)11-14-6-4-3-5-7-15(14)17/h12-15,17H,3-11H2,1-2H3. The maximum atomic E-state index is 10.2. The molecule has 2 aliphatic rings. The Kier molecular flexibility index (Phi) is 4.87. The summed E-state index contributed by atoms with van der Waals surface area (Å²) in [6.07, 6.45) is 7.44. The highest BCUT2D eigenvalue weighted by Crippen LogP contribution is 2.27. The van der Waals surface area contributed by atoms with Crippen molar-refractivity contribution in [2.24, 2.45) is 17.8 Å². The van der Waals surface area contributed by atoms with Crippen molar-refractivity contribution in [3.8, 4) is 0 Å². The average Bonchev–Trinajstić information content (AvgIpc) is 2.50. The van der Waals surface area contributed by atoms with E-state index in [2.05, 4.69) is 18.7 Å². The fourth-order valence-corrected chi connectivity index (χ4v) is 3.42. The molecular formula is C15H29NO. The molecule has 100 valence electrons. The summed E-state index contributed by atoms with van der Waals surface area (Å²) in [5, 5.41) is 10.2. The zero-order valence-electron chi connectivity index (χ0n) is 11.6. The van der Waals surface area contributed by atoms with E-state index in [1.165, 1.54) is 45.2 Å². The minimum atomic E-state index is -0.0350. The van der Waals surface area contributed by atoms with Gasteiger partial charge < -0.3 is 10.0 Å². The third-order valence-electron chi connectivity index (χ3n) is 5.03. The van der Waals surface area contributed by atoms with Crippen molar-refractivity contribution in [1.29, 1.82) is 0 Å². The quantitative estimate of drug-likeness (QED) is 0.749. The van der Waals surface area contributed by atoms with Gasteiger partial charge in [-0.25, -0.2) is 0 Å². The van der Waals surface area contributed by atoms with Crippen LogP contribution in [0.1, 0.15) is 52.4 Å². The van der Waals surface area contributed by atoms with Crippen LogP contribution < -0.4 is 0 Å². The summed E-state index contributed by atoms with van der Waals surface area (Å²) in [5.41, 5.74) is 0. The smallest absolute Gasteiger partial charge is 0.0580 e. The first-order valence-electron chi connectivity index (χ1n) is 7.57. The van der Waals surface area contributed by atoms with Gasteiger partial charge in [0, 0.05) is 13.1 Å². The third-order valence-corrected chi connectivity index (χ3v) is 5.03. The van der Waals surface area contributed by atoms with Crippen molar-refractivity contribution in [2.75, 3.05) is 19.6 Å². The van der Waals surface area contributed by atoms with E-state index in [-0.39, 0.29) is 6.10 Å². The summed E-state index contributed by atoms with van der Waals surface area (Å²) in [5.74, 6) is 2.25. The Morgan fingerprint density at radius 3 is 2.53 bits per heavy atom. The van der Waals surface area contributed by atoms with Gasteiger partial charge in [-0.15, -0.1) is 0 Å². The molecule has 0 aromatic carbocycles. The van der Waals surface area contributed by atoms with E-state index in [1.54, 1.807) is 0 Å². The molecule has 0 aromatic heterocycles. The van der Waals surface area contributed by atoms with Crippen molar-refractivity contribution < 1.29 is 5.11 Å². The Morgan fingerprint density at radius 1 is 1.00 bits per heavy atom. The van der Waals surface area contributed by atoms with Crippen LogP contribution in [0.5, 0.6) is 0 Å². The molecule has 0 amide bonds. The van der Waals surface area contributed by atoms with Gasteiger partial charge >= 0.3 is 0 Å². The molecule has 4 atom stereocenters. The highest BCUT2D eigenvalue weighted by atomic mass is 16.3. The maximum Gasteiger partial charge on any atom is 0.0580 e. The summed E-state index contributed by atoms with van der Waals surface area (Å²) in [6.45, 7) is 8.38. The lowest BCUT2D eigenvalue weighted by Gasteiger charge is -2.37. The van der Waals surface area contributed by atoms with Crippen molar-refractivity contribution in [2.45, 2.75) is 58.5 Å². The average molecular weight is 239 g/mol. The highest BCUT2D eigenvalue weighted by Gasteiger charge is 2.28. The maximum absolute atomic E-state index is 10.2. The summed E-state index contributed by atoms with van der Waals surface area (Å²) in [7, 11) is 0. The number of aliphatic hydroxyl groups excluding tert-OH is 1. The molecule has 1 saturated carbocycles. The summed E-state index contributed by atoms with van der Waals surface area (Å²) >= 11 is 0. The first-order valence-corrected chi connectivity index (χ1v) is 7.57. The molecule has 1 aliphatic heterocycles. The van der Waals surface area contributed by atoms with Gasteiger partial charge in [-0.1, -0.05) is 33.1 Å². The molecule has 1 N–H and O–H groups in total. The second-order valence-corrected chi connectivity index (χ2v) is 6.47. The van der Waals surface area contributed by atoms with Gasteiger partial charge in [0.15, 0.2) is 0 Å². The SMILES string of the molecule is CC1CCN(CC2CCCCCC2O)CC1C. The molecule has 1 saturated heterocycles. The van der Waals surface area contributed by atoms with E-state index in [0.29, 0.717) is 5.92 Å². The van der Waals surface area contributed by atoms with Gasteiger partial charge in [0.05, 0.1) is 6.10 Å². The van der Waals surface area contributed by atoms with Crippen LogP contribution in [-0.2, 0) is 0 Å². The number of hydrogen-bond donors (Lipinski definition) is 1. The van der Waals surface area contributed by atoms with Gasteiger partial charge in [-0.2, -0.15) is 0 Å². The summed E-state index contributed by atoms with van der Waals surface area (Å²) in [6, 6.07) is 0. The summed E-state index contributed by atoms with van der Waals surface area (Å²) in [4.78, 5) is 2.60. The van der Waals surface area contributed by atoms with Gasteiger partial charge in [0.2, 0.25) is 0 Å². The first-order chi connectivity index (χ1) is 8.16. The van der Waals surface area contributed by atoms with E-state index in [9.17, 15) is 5.11 Å². The molecule has 4 unspecified atom stereocenters. The van der Waals surface area contributed by atoms with Crippen LogP contribution in [0, 0.1) is 17.8 Å². The molecular weight excluding hydrogens is 210 g/mol. The summed E-state index contributed by atoms with van der Waals surface area (Å²) < 4.78 is 0. The molecule has 2 nitrogen and oxygen atoms in total. The van der Waals surface area contributed by atoms with Crippen LogP contribution in [0.2, 0.25) is 0 Å². The number of piperidine rings is 1. The lowest BCUT2D eigenvalue weighted by Crippen LogP contribution is -2.42. The number of nitrogens with zero attached hydrogens (tertiary/aromatic N) is 1. The van der Waals surface area contributed by atoms with Crippen molar-refractivity contribution in [3.05, 3.63) is 0 Å². The monoisotopic (exact) mass is 239 g/mol. The molecule has 1 aliphatic carbocycles. The minimum Gasteiger partial charge on any atom is -0.393 e. The van der Waals surface area contributed by atoms with Gasteiger partial charge in [0.1, 0.15) is 0 Å². The van der Waals surface area contributed by atoms with Crippen molar-refractivity contribution >= 4 is 0 Å². The predicted octanol–water partition coefficient (Wildman–Crippen LogP) is 2.91. The number of aliphatic hydroxyl groups is 1. The van der Waals surface area contributed by atoms with Gasteiger partial charge in [-0.3, -0.25) is 0 Å². The third kappa shape index (κ3) is 3.69. The van der Waals surface area contributed by atoms with Crippen LogP contribution in [-0.4, -0.2) is 35.7 Å². The Bertz CT molecular complexity index is 231. The topological polar surface area (TPSA) is 23.5 Å². The molecule has 2 rings (SSSR count). The second kappa shape index (κ2) is 6.19. The van der Waals surface area contributed by atoms with Gasteiger partial charge in [-0.05, 0) is 43.6 Å². The Balaban J connectivity index is 1.83. The van der Waals surface area contributed by atoms with E-state index < -0.39 is 0 Å². The lowest BCUT2D eigenvalue weighted by atomic mass is 9.87. The lowest BCUT2D eigenvalue weighted by molar-refractivity contribution is 0.0519. The molecule has 0 radical (unpaired) electrons. The van der Waals surface area contributed by atoms with E-state index in [4.69, 9.17) is 0 Å². The van der Waals surface area contributed by atoms with Crippen LogP contribution >= 0.6 is 0 Å². The van der Waals surface area contributed by atoms with Crippen LogP contribution in [0.3, 0.4) is 0 Å². The number of hydrogen-bond acceptors (Lipinski definition) is 2.